The summed E-state index contributed by atoms with van der Waals surface area (Å²) >= 11 is 0. The summed E-state index contributed by atoms with van der Waals surface area (Å²) in [6.07, 6.45) is 3.14. The summed E-state index contributed by atoms with van der Waals surface area (Å²) in [6.45, 7) is 2.92. The van der Waals surface area contributed by atoms with Crippen molar-refractivity contribution in [3.63, 3.8) is 0 Å². The Bertz CT molecular complexity index is 672. The van der Waals surface area contributed by atoms with Crippen LogP contribution in [0, 0.1) is 0 Å². The molecule has 1 aliphatic carbocycles. The second kappa shape index (κ2) is 6.12. The van der Waals surface area contributed by atoms with E-state index in [1.807, 2.05) is 24.3 Å². The van der Waals surface area contributed by atoms with Crippen LogP contribution in [0.4, 0.5) is 0 Å². The molecule has 0 atom stereocenters. The van der Waals surface area contributed by atoms with Crippen LogP contribution >= 0.6 is 0 Å². The lowest BCUT2D eigenvalue weighted by Gasteiger charge is -2.22. The van der Waals surface area contributed by atoms with Crippen molar-refractivity contribution in [2.75, 3.05) is 19.8 Å². The van der Waals surface area contributed by atoms with Crippen LogP contribution in [0.3, 0.4) is 0 Å². The fourth-order valence-electron chi connectivity index (χ4n) is 2.72. The van der Waals surface area contributed by atoms with Crippen LogP contribution in [0.5, 0.6) is 0 Å². The minimum absolute atomic E-state index is 0.0534. The molecule has 6 heteroatoms. The second-order valence-electron chi connectivity index (χ2n) is 5.68. The molecule has 0 radical (unpaired) electrons. The topological polar surface area (TPSA) is 61.8 Å². The lowest BCUT2D eigenvalue weighted by molar-refractivity contribution is -0.150. The van der Waals surface area contributed by atoms with Crippen LogP contribution in [-0.2, 0) is 36.6 Å². The predicted octanol–water partition coefficient (Wildman–Crippen LogP) is 2.17. The highest BCUT2D eigenvalue weighted by Gasteiger charge is 2.32. The summed E-state index contributed by atoms with van der Waals surface area (Å²) in [7, 11) is -3.69. The molecule has 120 valence electrons. The van der Waals surface area contributed by atoms with E-state index in [1.54, 1.807) is 13.0 Å². The van der Waals surface area contributed by atoms with Crippen LogP contribution < -0.4 is 0 Å². The van der Waals surface area contributed by atoms with Crippen molar-refractivity contribution in [2.24, 2.45) is 0 Å². The molecule has 0 N–H and O–H groups in total. The molecule has 0 unspecified atom stereocenters. The van der Waals surface area contributed by atoms with E-state index >= 15 is 0 Å². The van der Waals surface area contributed by atoms with E-state index in [2.05, 4.69) is 0 Å². The summed E-state index contributed by atoms with van der Waals surface area (Å²) in [5.74, 6) is -0.733. The second-order valence-corrected chi connectivity index (χ2v) is 7.35. The summed E-state index contributed by atoms with van der Waals surface area (Å²) < 4.78 is 40.6. The number of rotatable bonds is 5. The molecule has 0 spiro atoms. The van der Waals surface area contributed by atoms with Crippen molar-refractivity contribution in [1.29, 1.82) is 0 Å². The lowest BCUT2D eigenvalue weighted by Crippen LogP contribution is -2.28. The minimum Gasteiger partial charge on any atom is -0.348 e. The van der Waals surface area contributed by atoms with Gasteiger partial charge in [0.2, 0.25) is 0 Å². The third-order valence-corrected chi connectivity index (χ3v) is 5.48. The molecule has 0 aromatic heterocycles. The number of ether oxygens (including phenoxy) is 2. The van der Waals surface area contributed by atoms with Crippen LogP contribution in [0.15, 0.2) is 35.2 Å². The van der Waals surface area contributed by atoms with Gasteiger partial charge in [0, 0.05) is 12.8 Å². The lowest BCUT2D eigenvalue weighted by atomic mass is 9.97. The first-order chi connectivity index (χ1) is 10.5. The number of fused-ring (bicyclic) bond motifs is 1. The van der Waals surface area contributed by atoms with E-state index in [1.165, 1.54) is 5.56 Å². The molecule has 1 aromatic carbocycles. The maximum absolute atomic E-state index is 12.3. The van der Waals surface area contributed by atoms with Crippen molar-refractivity contribution in [3.05, 3.63) is 46.4 Å². The van der Waals surface area contributed by atoms with Crippen molar-refractivity contribution in [1.82, 2.24) is 0 Å². The normalized spacial score (nSPS) is 20.5. The van der Waals surface area contributed by atoms with E-state index in [0.29, 0.717) is 37.4 Å². The Hall–Kier alpha value is -1.21. The van der Waals surface area contributed by atoms with E-state index in [9.17, 15) is 8.42 Å². The van der Waals surface area contributed by atoms with Crippen LogP contribution in [0.2, 0.25) is 0 Å². The van der Waals surface area contributed by atoms with Gasteiger partial charge >= 0.3 is 0 Å². The van der Waals surface area contributed by atoms with Gasteiger partial charge in [-0.25, -0.2) is 0 Å². The first-order valence-electron chi connectivity index (χ1n) is 7.42. The van der Waals surface area contributed by atoms with Gasteiger partial charge in [-0.1, -0.05) is 30.3 Å². The van der Waals surface area contributed by atoms with Gasteiger partial charge in [-0.15, -0.1) is 0 Å². The molecule has 5 nitrogen and oxygen atoms in total. The zero-order chi connectivity index (χ0) is 15.6. The van der Waals surface area contributed by atoms with Gasteiger partial charge in [0.05, 0.1) is 24.7 Å². The summed E-state index contributed by atoms with van der Waals surface area (Å²) in [5.41, 5.74) is 2.21. The van der Waals surface area contributed by atoms with Crippen molar-refractivity contribution >= 4 is 10.1 Å². The molecule has 1 aromatic rings. The van der Waals surface area contributed by atoms with Crippen LogP contribution in [0.1, 0.15) is 24.5 Å². The van der Waals surface area contributed by atoms with Gasteiger partial charge in [0.1, 0.15) is 0 Å². The third-order valence-electron chi connectivity index (χ3n) is 4.05. The highest BCUT2D eigenvalue weighted by molar-refractivity contribution is 7.90. The molecular formula is C16H20O5S. The molecule has 0 amide bonds. The molecule has 1 fully saturated rings. The largest absolute Gasteiger partial charge is 0.348 e. The minimum atomic E-state index is -3.69. The Balaban J connectivity index is 1.60. The monoisotopic (exact) mass is 324 g/mol. The van der Waals surface area contributed by atoms with Crippen molar-refractivity contribution in [3.8, 4) is 0 Å². The summed E-state index contributed by atoms with van der Waals surface area (Å²) in [5, 5.41) is 0. The molecule has 2 aliphatic rings. The average molecular weight is 324 g/mol. The SMILES string of the molecule is CC1(CCOS(=O)(=O)C2=CCc3ccccc3C2)OCCO1. The maximum atomic E-state index is 12.3. The number of hydrogen-bond donors (Lipinski definition) is 0. The Morgan fingerprint density at radius 2 is 1.86 bits per heavy atom. The molecule has 1 saturated heterocycles. The standard InChI is InChI=1S/C16H20O5S/c1-16(19-10-11-20-16)8-9-21-22(17,18)15-7-6-13-4-2-3-5-14(13)12-15/h2-5,7H,6,8-12H2,1H3. The zero-order valence-corrected chi connectivity index (χ0v) is 13.4. The smallest absolute Gasteiger partial charge is 0.293 e. The van der Waals surface area contributed by atoms with Crippen LogP contribution in [-0.4, -0.2) is 34.0 Å². The Morgan fingerprint density at radius 3 is 2.59 bits per heavy atom. The molecule has 22 heavy (non-hydrogen) atoms. The molecule has 3 rings (SSSR count). The van der Waals surface area contributed by atoms with E-state index in [0.717, 1.165) is 5.56 Å². The third kappa shape index (κ3) is 3.41. The summed E-state index contributed by atoms with van der Waals surface area (Å²) in [4.78, 5) is 0.338. The predicted molar refractivity (Wildman–Crippen MR) is 81.7 cm³/mol. The van der Waals surface area contributed by atoms with Gasteiger partial charge in [0.15, 0.2) is 5.79 Å². The Labute approximate surface area is 131 Å². The van der Waals surface area contributed by atoms with Gasteiger partial charge < -0.3 is 9.47 Å². The first-order valence-corrected chi connectivity index (χ1v) is 8.83. The Morgan fingerprint density at radius 1 is 1.18 bits per heavy atom. The summed E-state index contributed by atoms with van der Waals surface area (Å²) in [6, 6.07) is 7.86. The fraction of sp³-hybridized carbons (Fsp3) is 0.500. The van der Waals surface area contributed by atoms with Gasteiger partial charge in [-0.3, -0.25) is 4.18 Å². The molecule has 0 bridgehead atoms. The van der Waals surface area contributed by atoms with Gasteiger partial charge in [-0.2, -0.15) is 8.42 Å². The highest BCUT2D eigenvalue weighted by atomic mass is 32.2. The molecule has 1 aliphatic heterocycles. The zero-order valence-electron chi connectivity index (χ0n) is 12.6. The number of allylic oxidation sites excluding steroid dienone is 2. The van der Waals surface area contributed by atoms with Gasteiger partial charge in [-0.05, 0) is 24.5 Å². The molecule has 1 heterocycles. The highest BCUT2D eigenvalue weighted by Crippen LogP contribution is 2.27. The number of benzene rings is 1. The quantitative estimate of drug-likeness (QED) is 0.777. The molecule has 0 saturated carbocycles. The van der Waals surface area contributed by atoms with Gasteiger partial charge in [0.25, 0.3) is 10.1 Å². The van der Waals surface area contributed by atoms with E-state index < -0.39 is 15.9 Å². The first kappa shape index (κ1) is 15.7. The fourth-order valence-corrected chi connectivity index (χ4v) is 3.79. The average Bonchev–Trinajstić information content (AvgIpc) is 2.93. The Kier molecular flexibility index (Phi) is 4.36. The van der Waals surface area contributed by atoms with Crippen LogP contribution in [0.25, 0.3) is 0 Å². The van der Waals surface area contributed by atoms with E-state index in [4.69, 9.17) is 13.7 Å². The maximum Gasteiger partial charge on any atom is 0.293 e. The number of hydrogen-bond acceptors (Lipinski definition) is 5. The van der Waals surface area contributed by atoms with Crippen molar-refractivity contribution < 1.29 is 22.1 Å². The van der Waals surface area contributed by atoms with E-state index in [-0.39, 0.29) is 6.61 Å². The van der Waals surface area contributed by atoms with Crippen molar-refractivity contribution in [2.45, 2.75) is 32.0 Å². The molecular weight excluding hydrogens is 304 g/mol.